The number of anilines is 1. The topological polar surface area (TPSA) is 50.2 Å². The average Bonchev–Trinajstić information content (AvgIpc) is 3.09. The van der Waals surface area contributed by atoms with Crippen LogP contribution in [-0.4, -0.2) is 35.1 Å². The molecule has 0 aromatic carbocycles. The summed E-state index contributed by atoms with van der Waals surface area (Å²) in [7, 11) is 0. The van der Waals surface area contributed by atoms with Crippen molar-refractivity contribution in [3.05, 3.63) is 53.0 Å². The maximum atomic E-state index is 12.8. The Morgan fingerprint density at radius 3 is 2.63 bits per heavy atom. The molecule has 0 atom stereocenters. The molecule has 160 valence electrons. The summed E-state index contributed by atoms with van der Waals surface area (Å²) >= 11 is 0. The highest BCUT2D eigenvalue weighted by Gasteiger charge is 2.18. The molecular weight excluding hydrogens is 372 g/mol. The fourth-order valence-electron chi connectivity index (χ4n) is 4.77. The van der Waals surface area contributed by atoms with E-state index in [2.05, 4.69) is 39.9 Å². The van der Waals surface area contributed by atoms with Gasteiger partial charge in [0, 0.05) is 31.0 Å². The molecule has 1 fully saturated rings. The zero-order valence-corrected chi connectivity index (χ0v) is 18.4. The molecule has 5 heteroatoms. The molecule has 0 spiro atoms. The van der Waals surface area contributed by atoms with Crippen LogP contribution in [0.25, 0.3) is 5.69 Å². The summed E-state index contributed by atoms with van der Waals surface area (Å²) in [4.78, 5) is 19.9. The van der Waals surface area contributed by atoms with Crippen LogP contribution in [0.3, 0.4) is 0 Å². The van der Waals surface area contributed by atoms with E-state index in [9.17, 15) is 4.79 Å². The van der Waals surface area contributed by atoms with Crippen LogP contribution in [0, 0.1) is 13.8 Å². The molecule has 2 aromatic rings. The summed E-state index contributed by atoms with van der Waals surface area (Å²) in [6.45, 7) is 6.96. The molecule has 5 nitrogen and oxygen atoms in total. The van der Waals surface area contributed by atoms with E-state index in [-0.39, 0.29) is 5.91 Å². The Bertz CT molecular complexity index is 904. The van der Waals surface area contributed by atoms with E-state index in [0.717, 1.165) is 48.0 Å². The number of aryl methyl sites for hydroxylation is 1. The van der Waals surface area contributed by atoms with Gasteiger partial charge in [-0.2, -0.15) is 0 Å². The van der Waals surface area contributed by atoms with Crippen molar-refractivity contribution in [1.29, 1.82) is 0 Å². The standard InChI is InChI=1S/C25H34N4O/c1-19-17-23(25(30)26-14-13-21-9-5-3-6-10-21)20(2)29(19)22-11-12-24(27-18-22)28-15-7-4-8-16-28/h9,11-12,17-18H,3-8,10,13-16H2,1-2H3,(H,26,30). The Morgan fingerprint density at radius 2 is 1.93 bits per heavy atom. The summed E-state index contributed by atoms with van der Waals surface area (Å²) in [6, 6.07) is 6.22. The molecule has 0 saturated carbocycles. The highest BCUT2D eigenvalue weighted by molar-refractivity contribution is 5.95. The van der Waals surface area contributed by atoms with Crippen LogP contribution >= 0.6 is 0 Å². The van der Waals surface area contributed by atoms with Crippen LogP contribution in [-0.2, 0) is 0 Å². The number of aromatic nitrogens is 2. The van der Waals surface area contributed by atoms with Gasteiger partial charge in [-0.15, -0.1) is 0 Å². The number of pyridine rings is 1. The molecule has 1 aliphatic heterocycles. The Labute approximate surface area is 180 Å². The Balaban J connectivity index is 1.43. The van der Waals surface area contributed by atoms with Crippen LogP contribution in [0.1, 0.15) is 73.1 Å². The van der Waals surface area contributed by atoms with Crippen LogP contribution < -0.4 is 10.2 Å². The predicted octanol–water partition coefficient (Wildman–Crippen LogP) is 5.10. The first-order valence-corrected chi connectivity index (χ1v) is 11.5. The second kappa shape index (κ2) is 9.50. The summed E-state index contributed by atoms with van der Waals surface area (Å²) in [5.74, 6) is 1.07. The maximum absolute atomic E-state index is 12.8. The van der Waals surface area contributed by atoms with Crippen LogP contribution in [0.4, 0.5) is 5.82 Å². The summed E-state index contributed by atoms with van der Waals surface area (Å²) in [5, 5.41) is 3.12. The number of rotatable bonds is 6. The molecule has 3 heterocycles. The van der Waals surface area contributed by atoms with E-state index in [0.29, 0.717) is 6.54 Å². The number of nitrogens with one attached hydrogen (secondary N) is 1. The van der Waals surface area contributed by atoms with Crippen molar-refractivity contribution in [3.8, 4) is 5.69 Å². The first kappa shape index (κ1) is 20.7. The molecule has 4 rings (SSSR count). The van der Waals surface area contributed by atoms with Crippen molar-refractivity contribution in [2.75, 3.05) is 24.5 Å². The van der Waals surface area contributed by atoms with E-state index in [1.54, 1.807) is 0 Å². The molecule has 1 saturated heterocycles. The van der Waals surface area contributed by atoms with Gasteiger partial charge in [0.05, 0.1) is 17.4 Å². The normalized spacial score (nSPS) is 17.0. The Hall–Kier alpha value is -2.56. The van der Waals surface area contributed by atoms with E-state index in [1.165, 1.54) is 50.5 Å². The van der Waals surface area contributed by atoms with Gasteiger partial charge in [0.25, 0.3) is 5.91 Å². The highest BCUT2D eigenvalue weighted by Crippen LogP contribution is 2.24. The summed E-state index contributed by atoms with van der Waals surface area (Å²) in [6.07, 6.45) is 14.0. The van der Waals surface area contributed by atoms with Crippen LogP contribution in [0.2, 0.25) is 0 Å². The van der Waals surface area contributed by atoms with E-state index >= 15 is 0 Å². The van der Waals surface area contributed by atoms with Gasteiger partial charge in [0.15, 0.2) is 0 Å². The van der Waals surface area contributed by atoms with Gasteiger partial charge in [-0.05, 0) is 83.4 Å². The number of piperidine rings is 1. The number of hydrogen-bond acceptors (Lipinski definition) is 3. The Morgan fingerprint density at radius 1 is 1.10 bits per heavy atom. The first-order chi connectivity index (χ1) is 14.6. The second-order valence-electron chi connectivity index (χ2n) is 8.66. The van der Waals surface area contributed by atoms with Gasteiger partial charge in [0.1, 0.15) is 5.82 Å². The fourth-order valence-corrected chi connectivity index (χ4v) is 4.77. The van der Waals surface area contributed by atoms with Crippen molar-refractivity contribution in [2.45, 2.75) is 65.2 Å². The third-order valence-corrected chi connectivity index (χ3v) is 6.46. The van der Waals surface area contributed by atoms with Gasteiger partial charge < -0.3 is 14.8 Å². The molecule has 1 amide bonds. The van der Waals surface area contributed by atoms with Gasteiger partial charge in [0.2, 0.25) is 0 Å². The fraction of sp³-hybridized carbons (Fsp3) is 0.520. The SMILES string of the molecule is Cc1cc(C(=O)NCCC2=CCCCC2)c(C)n1-c1ccc(N2CCCCC2)nc1. The lowest BCUT2D eigenvalue weighted by molar-refractivity contribution is 0.0953. The third kappa shape index (κ3) is 4.61. The van der Waals surface area contributed by atoms with Gasteiger partial charge in [-0.3, -0.25) is 4.79 Å². The minimum atomic E-state index is 0.0173. The third-order valence-electron chi connectivity index (χ3n) is 6.46. The van der Waals surface area contributed by atoms with Crippen LogP contribution in [0.5, 0.6) is 0 Å². The van der Waals surface area contributed by atoms with Crippen molar-refractivity contribution < 1.29 is 4.79 Å². The lowest BCUT2D eigenvalue weighted by atomic mass is 9.97. The monoisotopic (exact) mass is 406 g/mol. The number of amides is 1. The second-order valence-corrected chi connectivity index (χ2v) is 8.66. The van der Waals surface area contributed by atoms with E-state index in [4.69, 9.17) is 4.98 Å². The van der Waals surface area contributed by atoms with Crippen LogP contribution in [0.15, 0.2) is 36.0 Å². The molecular formula is C25H34N4O. The number of hydrogen-bond donors (Lipinski definition) is 1. The number of carbonyl (C=O) groups is 1. The number of allylic oxidation sites excluding steroid dienone is 1. The molecule has 1 aliphatic carbocycles. The van der Waals surface area contributed by atoms with E-state index < -0.39 is 0 Å². The minimum absolute atomic E-state index is 0.0173. The maximum Gasteiger partial charge on any atom is 0.253 e. The number of nitrogens with zero attached hydrogens (tertiary/aromatic N) is 3. The smallest absolute Gasteiger partial charge is 0.253 e. The van der Waals surface area contributed by atoms with Crippen molar-refractivity contribution >= 4 is 11.7 Å². The zero-order valence-electron chi connectivity index (χ0n) is 18.4. The molecule has 2 aromatic heterocycles. The van der Waals surface area contributed by atoms with Crippen molar-refractivity contribution in [1.82, 2.24) is 14.9 Å². The van der Waals surface area contributed by atoms with E-state index in [1.807, 2.05) is 19.2 Å². The summed E-state index contributed by atoms with van der Waals surface area (Å²) in [5.41, 5.74) is 5.28. The van der Waals surface area contributed by atoms with Gasteiger partial charge in [-0.1, -0.05) is 11.6 Å². The minimum Gasteiger partial charge on any atom is -0.357 e. The first-order valence-electron chi connectivity index (χ1n) is 11.5. The molecule has 0 bridgehead atoms. The van der Waals surface area contributed by atoms with Gasteiger partial charge in [-0.25, -0.2) is 4.98 Å². The highest BCUT2D eigenvalue weighted by atomic mass is 16.1. The predicted molar refractivity (Wildman–Crippen MR) is 123 cm³/mol. The quantitative estimate of drug-likeness (QED) is 0.679. The Kier molecular flexibility index (Phi) is 6.56. The van der Waals surface area contributed by atoms with Gasteiger partial charge >= 0.3 is 0 Å². The molecule has 1 N–H and O–H groups in total. The largest absolute Gasteiger partial charge is 0.357 e. The molecule has 0 unspecified atom stereocenters. The lowest BCUT2D eigenvalue weighted by Gasteiger charge is -2.27. The number of carbonyl (C=O) groups excluding carboxylic acids is 1. The molecule has 0 radical (unpaired) electrons. The zero-order chi connectivity index (χ0) is 20.9. The summed E-state index contributed by atoms with van der Waals surface area (Å²) < 4.78 is 2.13. The van der Waals surface area contributed by atoms with Crippen molar-refractivity contribution in [3.63, 3.8) is 0 Å². The lowest BCUT2D eigenvalue weighted by Crippen LogP contribution is -2.30. The molecule has 30 heavy (non-hydrogen) atoms. The average molecular weight is 407 g/mol. The molecule has 2 aliphatic rings. The van der Waals surface area contributed by atoms with Crippen molar-refractivity contribution in [2.24, 2.45) is 0 Å².